The lowest BCUT2D eigenvalue weighted by molar-refractivity contribution is -0.150. The second-order valence-corrected chi connectivity index (χ2v) is 5.41. The first-order valence-corrected chi connectivity index (χ1v) is 7.27. The highest BCUT2D eigenvalue weighted by Gasteiger charge is 2.53. The molecular formula is C17H17NO5. The van der Waals surface area contributed by atoms with Crippen molar-refractivity contribution in [3.05, 3.63) is 60.1 Å². The van der Waals surface area contributed by atoms with E-state index in [-0.39, 0.29) is 6.54 Å². The van der Waals surface area contributed by atoms with Crippen LogP contribution in [0, 0.1) is 5.92 Å². The molecule has 2 aromatic rings. The molecule has 1 saturated heterocycles. The van der Waals surface area contributed by atoms with E-state index >= 15 is 0 Å². The minimum atomic E-state index is -1.44. The summed E-state index contributed by atoms with van der Waals surface area (Å²) in [6, 6.07) is 12.0. The van der Waals surface area contributed by atoms with Crippen molar-refractivity contribution in [2.45, 2.75) is 18.7 Å². The molecule has 0 aliphatic carbocycles. The van der Waals surface area contributed by atoms with Crippen molar-refractivity contribution < 1.29 is 23.8 Å². The number of carbonyl (C=O) groups excluding carboxylic acids is 2. The van der Waals surface area contributed by atoms with Gasteiger partial charge in [0.05, 0.1) is 13.4 Å². The molecule has 2 heterocycles. The largest absolute Gasteiger partial charge is 0.469 e. The maximum atomic E-state index is 12.5. The van der Waals surface area contributed by atoms with Gasteiger partial charge < -0.3 is 19.2 Å². The van der Waals surface area contributed by atoms with Crippen LogP contribution in [0.5, 0.6) is 0 Å². The van der Waals surface area contributed by atoms with Crippen LogP contribution in [0.2, 0.25) is 0 Å². The number of carbonyl (C=O) groups is 2. The van der Waals surface area contributed by atoms with Gasteiger partial charge in [0.25, 0.3) is 5.91 Å². The fourth-order valence-electron chi connectivity index (χ4n) is 2.97. The molecule has 6 nitrogen and oxygen atoms in total. The molecule has 23 heavy (non-hydrogen) atoms. The lowest BCUT2D eigenvalue weighted by Gasteiger charge is -2.25. The number of benzene rings is 1. The second kappa shape index (κ2) is 6.26. The van der Waals surface area contributed by atoms with E-state index in [0.29, 0.717) is 5.76 Å². The number of amides is 1. The third kappa shape index (κ3) is 2.73. The number of methoxy groups -OCH3 is 1. The molecule has 6 heteroatoms. The Labute approximate surface area is 133 Å². The summed E-state index contributed by atoms with van der Waals surface area (Å²) in [6.07, 6.45) is 0.0285. The predicted molar refractivity (Wildman–Crippen MR) is 80.0 cm³/mol. The Kier molecular flexibility index (Phi) is 4.16. The Balaban J connectivity index is 1.98. The predicted octanol–water partition coefficient (Wildman–Crippen LogP) is 1.51. The van der Waals surface area contributed by atoms with Crippen LogP contribution >= 0.6 is 0 Å². The topological polar surface area (TPSA) is 80.0 Å². The molecule has 1 amide bonds. The van der Waals surface area contributed by atoms with Crippen LogP contribution in [-0.4, -0.2) is 35.1 Å². The molecule has 3 atom stereocenters. The van der Waals surface area contributed by atoms with Crippen molar-refractivity contribution in [2.24, 2.45) is 5.92 Å². The molecule has 3 rings (SSSR count). The molecule has 1 fully saturated rings. The first kappa shape index (κ1) is 15.3. The van der Waals surface area contributed by atoms with Crippen LogP contribution in [0.15, 0.2) is 53.1 Å². The van der Waals surface area contributed by atoms with Crippen molar-refractivity contribution in [1.29, 1.82) is 0 Å². The number of hydrogen-bond acceptors (Lipinski definition) is 5. The normalized spacial score (nSPS) is 24.0. The van der Waals surface area contributed by atoms with Crippen molar-refractivity contribution in [3.63, 3.8) is 0 Å². The Morgan fingerprint density at radius 3 is 2.61 bits per heavy atom. The number of ether oxygens (including phenoxy) is 1. The average molecular weight is 315 g/mol. The molecule has 0 bridgehead atoms. The van der Waals surface area contributed by atoms with E-state index in [1.165, 1.54) is 18.3 Å². The number of furan rings is 1. The lowest BCUT2D eigenvalue weighted by atomic mass is 9.96. The third-order valence-electron chi connectivity index (χ3n) is 4.06. The van der Waals surface area contributed by atoms with Gasteiger partial charge >= 0.3 is 5.97 Å². The molecule has 0 saturated carbocycles. The van der Waals surface area contributed by atoms with E-state index < -0.39 is 29.9 Å². The van der Waals surface area contributed by atoms with Crippen LogP contribution < -0.4 is 0 Å². The molecule has 1 unspecified atom stereocenters. The molecular weight excluding hydrogens is 298 g/mol. The van der Waals surface area contributed by atoms with E-state index in [2.05, 4.69) is 0 Å². The maximum Gasteiger partial charge on any atom is 0.314 e. The van der Waals surface area contributed by atoms with Gasteiger partial charge in [-0.15, -0.1) is 0 Å². The van der Waals surface area contributed by atoms with Crippen LogP contribution in [0.1, 0.15) is 17.4 Å². The van der Waals surface area contributed by atoms with Crippen molar-refractivity contribution in [3.8, 4) is 0 Å². The SMILES string of the molecule is COC(=O)[C@H]1C(c2ccco2)N(Cc2ccccc2)C(=O)[C@H]1O. The first-order valence-electron chi connectivity index (χ1n) is 7.27. The van der Waals surface area contributed by atoms with E-state index in [0.717, 1.165) is 5.56 Å². The van der Waals surface area contributed by atoms with Gasteiger partial charge in [0, 0.05) is 6.54 Å². The maximum absolute atomic E-state index is 12.5. The van der Waals surface area contributed by atoms with Crippen molar-refractivity contribution >= 4 is 11.9 Å². The molecule has 1 aromatic heterocycles. The summed E-state index contributed by atoms with van der Waals surface area (Å²) >= 11 is 0. The van der Waals surface area contributed by atoms with Gasteiger partial charge in [0.15, 0.2) is 0 Å². The van der Waals surface area contributed by atoms with E-state index in [1.807, 2.05) is 30.3 Å². The summed E-state index contributed by atoms with van der Waals surface area (Å²) in [5, 5.41) is 10.2. The average Bonchev–Trinajstić information content (AvgIpc) is 3.18. The molecule has 0 spiro atoms. The molecule has 1 aliphatic rings. The van der Waals surface area contributed by atoms with Gasteiger partial charge in [0.2, 0.25) is 0 Å². The molecule has 0 radical (unpaired) electrons. The highest BCUT2D eigenvalue weighted by molar-refractivity contribution is 5.91. The van der Waals surface area contributed by atoms with E-state index in [4.69, 9.17) is 9.15 Å². The van der Waals surface area contributed by atoms with Crippen LogP contribution in [0.4, 0.5) is 0 Å². The minimum absolute atomic E-state index is 0.273. The third-order valence-corrected chi connectivity index (χ3v) is 4.06. The number of aliphatic hydroxyl groups is 1. The highest BCUT2D eigenvalue weighted by Crippen LogP contribution is 2.40. The van der Waals surface area contributed by atoms with Crippen molar-refractivity contribution in [2.75, 3.05) is 7.11 Å². The van der Waals surface area contributed by atoms with Crippen LogP contribution in [0.25, 0.3) is 0 Å². The number of esters is 1. The van der Waals surface area contributed by atoms with Gasteiger partial charge in [-0.25, -0.2) is 0 Å². The fraction of sp³-hybridized carbons (Fsp3) is 0.294. The molecule has 120 valence electrons. The van der Waals surface area contributed by atoms with Crippen molar-refractivity contribution in [1.82, 2.24) is 4.90 Å². The number of likely N-dealkylation sites (tertiary alicyclic amines) is 1. The Morgan fingerprint density at radius 2 is 2.00 bits per heavy atom. The summed E-state index contributed by atoms with van der Waals surface area (Å²) in [7, 11) is 1.23. The zero-order chi connectivity index (χ0) is 16.4. The minimum Gasteiger partial charge on any atom is -0.469 e. The van der Waals surface area contributed by atoms with Crippen LogP contribution in [-0.2, 0) is 20.9 Å². The Bertz CT molecular complexity index is 682. The fourth-order valence-corrected chi connectivity index (χ4v) is 2.97. The second-order valence-electron chi connectivity index (χ2n) is 5.41. The monoisotopic (exact) mass is 315 g/mol. The molecule has 1 aliphatic heterocycles. The number of nitrogens with zero attached hydrogens (tertiary/aromatic N) is 1. The summed E-state index contributed by atoms with van der Waals surface area (Å²) in [5.41, 5.74) is 0.898. The quantitative estimate of drug-likeness (QED) is 0.865. The summed E-state index contributed by atoms with van der Waals surface area (Å²) in [6.45, 7) is 0.273. The number of aliphatic hydroxyl groups excluding tert-OH is 1. The van der Waals surface area contributed by atoms with Crippen LogP contribution in [0.3, 0.4) is 0 Å². The number of rotatable bonds is 4. The summed E-state index contributed by atoms with van der Waals surface area (Å²) < 4.78 is 10.2. The van der Waals surface area contributed by atoms with E-state index in [1.54, 1.807) is 12.1 Å². The van der Waals surface area contributed by atoms with Gasteiger partial charge in [-0.1, -0.05) is 30.3 Å². The summed E-state index contributed by atoms with van der Waals surface area (Å²) in [4.78, 5) is 26.0. The Hall–Kier alpha value is -2.60. The smallest absolute Gasteiger partial charge is 0.314 e. The lowest BCUT2D eigenvalue weighted by Crippen LogP contribution is -2.30. The van der Waals surface area contributed by atoms with E-state index in [9.17, 15) is 14.7 Å². The van der Waals surface area contributed by atoms with Gasteiger partial charge in [-0.05, 0) is 17.7 Å². The first-order chi connectivity index (χ1) is 11.1. The van der Waals surface area contributed by atoms with Gasteiger partial charge in [0.1, 0.15) is 23.8 Å². The zero-order valence-electron chi connectivity index (χ0n) is 12.6. The standard InChI is InChI=1S/C17H17NO5/c1-22-17(21)13-14(12-8-5-9-23-12)18(16(20)15(13)19)10-11-6-3-2-4-7-11/h2-9,13-15,19H,10H2,1H3/t13-,14?,15-/m0/s1. The highest BCUT2D eigenvalue weighted by atomic mass is 16.5. The molecule has 1 N–H and O–H groups in total. The Morgan fingerprint density at radius 1 is 1.26 bits per heavy atom. The zero-order valence-corrected chi connectivity index (χ0v) is 12.6. The van der Waals surface area contributed by atoms with Gasteiger partial charge in [-0.3, -0.25) is 9.59 Å². The van der Waals surface area contributed by atoms with Gasteiger partial charge in [-0.2, -0.15) is 0 Å². The molecule has 1 aromatic carbocycles. The summed E-state index contributed by atoms with van der Waals surface area (Å²) in [5.74, 6) is -1.71. The number of hydrogen-bond donors (Lipinski definition) is 1.